The Labute approximate surface area is 206 Å². The summed E-state index contributed by atoms with van der Waals surface area (Å²) in [4.78, 5) is 48.4. The van der Waals surface area contributed by atoms with Crippen LogP contribution in [0.5, 0.6) is 0 Å². The van der Waals surface area contributed by atoms with Gasteiger partial charge in [-0.25, -0.2) is 0 Å². The van der Waals surface area contributed by atoms with Crippen LogP contribution in [0.4, 0.5) is 0 Å². The highest BCUT2D eigenvalue weighted by molar-refractivity contribution is 5.82. The van der Waals surface area contributed by atoms with Gasteiger partial charge in [-0.2, -0.15) is 0 Å². The predicted molar refractivity (Wildman–Crippen MR) is 137 cm³/mol. The van der Waals surface area contributed by atoms with Crippen LogP contribution in [0.3, 0.4) is 0 Å². The zero-order valence-electron chi connectivity index (χ0n) is 22.1. The molecule has 3 atom stereocenters. The van der Waals surface area contributed by atoms with Crippen molar-refractivity contribution in [1.82, 2.24) is 26.6 Å². The van der Waals surface area contributed by atoms with E-state index < -0.39 is 0 Å². The molecule has 0 aliphatic rings. The summed E-state index contributed by atoms with van der Waals surface area (Å²) in [7, 11) is 5.70. The van der Waals surface area contributed by atoms with Gasteiger partial charge in [-0.15, -0.1) is 0 Å². The van der Waals surface area contributed by atoms with E-state index in [1.54, 1.807) is 0 Å². The van der Waals surface area contributed by atoms with Crippen molar-refractivity contribution < 1.29 is 19.2 Å². The number of ketones is 2. The van der Waals surface area contributed by atoms with Gasteiger partial charge in [0.15, 0.2) is 0 Å². The molecule has 0 aliphatic heterocycles. The topological polar surface area (TPSA) is 128 Å². The van der Waals surface area contributed by atoms with Crippen LogP contribution in [0.25, 0.3) is 0 Å². The molecule has 9 nitrogen and oxygen atoms in total. The number of hydrogen-bond donors (Lipinski definition) is 5. The average molecular weight is 484 g/mol. The van der Waals surface area contributed by atoms with Gasteiger partial charge < -0.3 is 31.4 Å². The Morgan fingerprint density at radius 1 is 0.588 bits per heavy atom. The minimum Gasteiger partial charge on any atom is -0.353 e. The van der Waals surface area contributed by atoms with Gasteiger partial charge in [0.2, 0.25) is 11.8 Å². The largest absolute Gasteiger partial charge is 0.353 e. The summed E-state index contributed by atoms with van der Waals surface area (Å²) in [5.41, 5.74) is 0. The van der Waals surface area contributed by atoms with E-state index in [1.165, 1.54) is 13.8 Å². The number of Topliss-reactive ketones (excluding diaryl/α,β-unsaturated/α-hetero) is 2. The van der Waals surface area contributed by atoms with Gasteiger partial charge in [0, 0.05) is 43.8 Å². The Hall–Kier alpha value is -1.84. The fourth-order valence-electron chi connectivity index (χ4n) is 3.93. The molecule has 5 N–H and O–H groups in total. The molecule has 0 bridgehead atoms. The van der Waals surface area contributed by atoms with Crippen molar-refractivity contribution in [2.45, 2.75) is 103 Å². The highest BCUT2D eigenvalue weighted by Crippen LogP contribution is 2.10. The van der Waals surface area contributed by atoms with E-state index in [2.05, 4.69) is 26.6 Å². The fraction of sp³-hybridized carbons (Fsp3) is 0.840. The Morgan fingerprint density at radius 2 is 1.06 bits per heavy atom. The summed E-state index contributed by atoms with van der Waals surface area (Å²) in [6.07, 6.45) is 7.07. The van der Waals surface area contributed by atoms with Crippen molar-refractivity contribution in [1.29, 1.82) is 0 Å². The second-order valence-corrected chi connectivity index (χ2v) is 9.27. The minimum absolute atomic E-state index is 0.0291. The van der Waals surface area contributed by atoms with Crippen molar-refractivity contribution in [3.63, 3.8) is 0 Å². The smallest absolute Gasteiger partial charge is 0.222 e. The molecular formula is C25H49N5O4. The first-order valence-corrected chi connectivity index (χ1v) is 12.8. The second kappa shape index (κ2) is 20.5. The molecule has 0 aromatic rings. The molecular weight excluding hydrogens is 434 g/mol. The van der Waals surface area contributed by atoms with Crippen LogP contribution < -0.4 is 26.6 Å². The molecule has 9 heteroatoms. The SMILES string of the molecule is CNCCCCC(CC(=O)NC(CCCCNC)CC(=O)NC(CCC(C)=O)CC(C)=O)NC. The van der Waals surface area contributed by atoms with E-state index in [9.17, 15) is 19.2 Å². The molecule has 0 aromatic heterocycles. The van der Waals surface area contributed by atoms with Crippen molar-refractivity contribution in [3.8, 4) is 0 Å². The number of amides is 2. The van der Waals surface area contributed by atoms with Crippen LogP contribution in [-0.4, -0.2) is 75.7 Å². The molecule has 0 saturated heterocycles. The molecule has 0 aromatic carbocycles. The van der Waals surface area contributed by atoms with Gasteiger partial charge in [-0.1, -0.05) is 12.8 Å². The number of carbonyl (C=O) groups is 4. The maximum atomic E-state index is 12.8. The van der Waals surface area contributed by atoms with Crippen LogP contribution in [0.2, 0.25) is 0 Å². The van der Waals surface area contributed by atoms with Gasteiger partial charge in [-0.3, -0.25) is 14.4 Å². The first-order chi connectivity index (χ1) is 16.2. The normalized spacial score (nSPS) is 13.7. The molecule has 0 spiro atoms. The summed E-state index contributed by atoms with van der Waals surface area (Å²) in [6, 6.07) is -0.528. The third kappa shape index (κ3) is 18.6. The van der Waals surface area contributed by atoms with Crippen molar-refractivity contribution >= 4 is 23.4 Å². The summed E-state index contributed by atoms with van der Waals surface area (Å²) >= 11 is 0. The van der Waals surface area contributed by atoms with Crippen LogP contribution in [0.15, 0.2) is 0 Å². The number of rotatable bonds is 22. The molecule has 0 heterocycles. The van der Waals surface area contributed by atoms with E-state index in [0.717, 1.165) is 45.2 Å². The molecule has 3 unspecified atom stereocenters. The number of carbonyl (C=O) groups excluding carboxylic acids is 4. The van der Waals surface area contributed by atoms with E-state index in [0.29, 0.717) is 25.7 Å². The third-order valence-corrected chi connectivity index (χ3v) is 5.84. The first kappa shape index (κ1) is 32.2. The third-order valence-electron chi connectivity index (χ3n) is 5.84. The highest BCUT2D eigenvalue weighted by Gasteiger charge is 2.21. The summed E-state index contributed by atoms with van der Waals surface area (Å²) < 4.78 is 0. The second-order valence-electron chi connectivity index (χ2n) is 9.27. The van der Waals surface area contributed by atoms with E-state index in [4.69, 9.17) is 0 Å². The average Bonchev–Trinajstić information content (AvgIpc) is 2.76. The van der Waals surface area contributed by atoms with E-state index in [-0.39, 0.29) is 54.3 Å². The van der Waals surface area contributed by atoms with Crippen LogP contribution in [-0.2, 0) is 19.2 Å². The lowest BCUT2D eigenvalue weighted by Crippen LogP contribution is -2.44. The summed E-state index contributed by atoms with van der Waals surface area (Å²) in [5.74, 6) is -0.261. The summed E-state index contributed by atoms with van der Waals surface area (Å²) in [5, 5.41) is 15.4. The lowest BCUT2D eigenvalue weighted by molar-refractivity contribution is -0.125. The Kier molecular flexibility index (Phi) is 19.4. The van der Waals surface area contributed by atoms with Crippen molar-refractivity contribution in [3.05, 3.63) is 0 Å². The van der Waals surface area contributed by atoms with Crippen LogP contribution in [0, 0.1) is 0 Å². The first-order valence-electron chi connectivity index (χ1n) is 12.8. The highest BCUT2D eigenvalue weighted by atomic mass is 16.2. The zero-order chi connectivity index (χ0) is 25.8. The summed E-state index contributed by atoms with van der Waals surface area (Å²) in [6.45, 7) is 4.83. The standard InChI is InChI=1S/C25H49N5O4/c1-19(31)12-13-23(16-20(2)32)30-25(34)18-22(11-7-9-15-27-4)29-24(33)17-21(28-5)10-6-8-14-26-3/h21-23,26-28H,6-18H2,1-5H3,(H,29,33)(H,30,34). The Balaban J connectivity index is 4.91. The molecule has 2 amide bonds. The predicted octanol–water partition coefficient (Wildman–Crippen LogP) is 1.45. The quantitative estimate of drug-likeness (QED) is 0.147. The zero-order valence-corrected chi connectivity index (χ0v) is 22.1. The van der Waals surface area contributed by atoms with Crippen LogP contribution >= 0.6 is 0 Å². The molecule has 0 rings (SSSR count). The van der Waals surface area contributed by atoms with Gasteiger partial charge >= 0.3 is 0 Å². The maximum Gasteiger partial charge on any atom is 0.222 e. The van der Waals surface area contributed by atoms with Gasteiger partial charge in [0.25, 0.3) is 0 Å². The monoisotopic (exact) mass is 483 g/mol. The number of hydrogen-bond acceptors (Lipinski definition) is 7. The molecule has 198 valence electrons. The Bertz CT molecular complexity index is 600. The van der Waals surface area contributed by atoms with Gasteiger partial charge in [-0.05, 0) is 80.2 Å². The lowest BCUT2D eigenvalue weighted by Gasteiger charge is -2.23. The maximum absolute atomic E-state index is 12.8. The number of nitrogens with one attached hydrogen (secondary N) is 5. The minimum atomic E-state index is -0.360. The molecule has 34 heavy (non-hydrogen) atoms. The van der Waals surface area contributed by atoms with Crippen molar-refractivity contribution in [2.75, 3.05) is 34.2 Å². The van der Waals surface area contributed by atoms with E-state index in [1.807, 2.05) is 21.1 Å². The molecule has 0 radical (unpaired) electrons. The van der Waals surface area contributed by atoms with E-state index >= 15 is 0 Å². The Morgan fingerprint density at radius 3 is 1.50 bits per heavy atom. The lowest BCUT2D eigenvalue weighted by atomic mass is 10.0. The fourth-order valence-corrected chi connectivity index (χ4v) is 3.93. The van der Waals surface area contributed by atoms with Gasteiger partial charge in [0.05, 0.1) is 0 Å². The number of unbranched alkanes of at least 4 members (excludes halogenated alkanes) is 2. The van der Waals surface area contributed by atoms with Gasteiger partial charge in [0.1, 0.15) is 11.6 Å². The van der Waals surface area contributed by atoms with Crippen LogP contribution in [0.1, 0.15) is 84.5 Å². The van der Waals surface area contributed by atoms with Crippen molar-refractivity contribution in [2.24, 2.45) is 0 Å². The molecule has 0 fully saturated rings. The molecule has 0 saturated carbocycles. The molecule has 0 aliphatic carbocycles.